The smallest absolute Gasteiger partial charge is 0.157 e. The number of nitrogens with one attached hydrogen (secondary N) is 1. The predicted molar refractivity (Wildman–Crippen MR) is 68.7 cm³/mol. The molecule has 84 valence electrons. The van der Waals surface area contributed by atoms with Crippen LogP contribution in [0.3, 0.4) is 0 Å². The molecule has 0 spiro atoms. The number of H-pyrrole nitrogens is 1. The predicted octanol–water partition coefficient (Wildman–Crippen LogP) is 3.09. The molecule has 0 aliphatic heterocycles. The van der Waals surface area contributed by atoms with Crippen LogP contribution in [-0.2, 0) is 0 Å². The van der Waals surface area contributed by atoms with E-state index in [4.69, 9.17) is 0 Å². The second kappa shape index (κ2) is 3.85. The average molecular weight is 290 g/mol. The first-order valence-corrected chi connectivity index (χ1v) is 5.82. The lowest BCUT2D eigenvalue weighted by atomic mass is 10.3. The van der Waals surface area contributed by atoms with Gasteiger partial charge in [0.2, 0.25) is 0 Å². The van der Waals surface area contributed by atoms with Crippen molar-refractivity contribution in [3.8, 4) is 17.3 Å². The number of phenolic OH excluding ortho intramolecular Hbond substituents is 1. The first-order valence-electron chi connectivity index (χ1n) is 5.03. The monoisotopic (exact) mass is 289 g/mol. The molecule has 0 bridgehead atoms. The number of pyridine rings is 1. The highest BCUT2D eigenvalue weighted by molar-refractivity contribution is 9.10. The standard InChI is InChI=1S/C12H8BrN3O/c13-7-1-3-10(14-6-7)12-15-9-4-2-8(17)5-11(9)16-12/h1-6,17H,(H,15,16). The SMILES string of the molecule is Oc1ccc2nc(-c3ccc(Br)cn3)[nH]c2c1. The second-order valence-electron chi connectivity index (χ2n) is 3.65. The summed E-state index contributed by atoms with van der Waals surface area (Å²) >= 11 is 3.34. The number of halogens is 1. The molecule has 3 rings (SSSR count). The lowest BCUT2D eigenvalue weighted by molar-refractivity contribution is 0.476. The van der Waals surface area contributed by atoms with Gasteiger partial charge >= 0.3 is 0 Å². The molecule has 0 fully saturated rings. The molecule has 0 amide bonds. The molecule has 2 N–H and O–H groups in total. The van der Waals surface area contributed by atoms with Gasteiger partial charge in [-0.05, 0) is 40.2 Å². The Labute approximate surface area is 105 Å². The van der Waals surface area contributed by atoms with Crippen molar-refractivity contribution in [3.05, 3.63) is 41.0 Å². The lowest BCUT2D eigenvalue weighted by Gasteiger charge is -1.94. The van der Waals surface area contributed by atoms with Crippen LogP contribution in [0.25, 0.3) is 22.6 Å². The number of nitrogens with zero attached hydrogens (tertiary/aromatic N) is 2. The highest BCUT2D eigenvalue weighted by Crippen LogP contribution is 2.22. The fraction of sp³-hybridized carbons (Fsp3) is 0. The average Bonchev–Trinajstić information content (AvgIpc) is 2.72. The molecule has 0 saturated carbocycles. The van der Waals surface area contributed by atoms with Crippen LogP contribution in [0.2, 0.25) is 0 Å². The third-order valence-corrected chi connectivity index (χ3v) is 2.90. The maximum absolute atomic E-state index is 9.38. The number of imidazole rings is 1. The summed E-state index contributed by atoms with van der Waals surface area (Å²) in [5.74, 6) is 0.912. The Morgan fingerprint density at radius 1 is 1.18 bits per heavy atom. The van der Waals surface area contributed by atoms with Crippen molar-refractivity contribution in [2.24, 2.45) is 0 Å². The molecule has 0 aliphatic rings. The van der Waals surface area contributed by atoms with Crippen LogP contribution in [0.4, 0.5) is 0 Å². The molecule has 0 unspecified atom stereocenters. The molecule has 2 heterocycles. The summed E-state index contributed by atoms with van der Waals surface area (Å²) in [6.07, 6.45) is 1.72. The van der Waals surface area contributed by atoms with E-state index in [0.717, 1.165) is 21.2 Å². The second-order valence-corrected chi connectivity index (χ2v) is 4.56. The van der Waals surface area contributed by atoms with Gasteiger partial charge in [0.1, 0.15) is 11.4 Å². The van der Waals surface area contributed by atoms with Crippen molar-refractivity contribution in [2.75, 3.05) is 0 Å². The number of aromatic hydroxyl groups is 1. The van der Waals surface area contributed by atoms with E-state index in [9.17, 15) is 5.11 Å². The van der Waals surface area contributed by atoms with Gasteiger partial charge in [-0.25, -0.2) is 4.98 Å². The molecular weight excluding hydrogens is 282 g/mol. The van der Waals surface area contributed by atoms with Crippen molar-refractivity contribution in [2.45, 2.75) is 0 Å². The quantitative estimate of drug-likeness (QED) is 0.724. The van der Waals surface area contributed by atoms with E-state index >= 15 is 0 Å². The number of aromatic amines is 1. The zero-order valence-corrected chi connectivity index (χ0v) is 10.3. The van der Waals surface area contributed by atoms with Crippen molar-refractivity contribution in [3.63, 3.8) is 0 Å². The minimum atomic E-state index is 0.219. The van der Waals surface area contributed by atoms with Crippen LogP contribution in [0, 0.1) is 0 Å². The Kier molecular flexibility index (Phi) is 2.33. The van der Waals surface area contributed by atoms with E-state index in [2.05, 4.69) is 30.9 Å². The summed E-state index contributed by atoms with van der Waals surface area (Å²) in [7, 11) is 0. The number of aromatic nitrogens is 3. The van der Waals surface area contributed by atoms with Gasteiger partial charge in [-0.2, -0.15) is 0 Å². The van der Waals surface area contributed by atoms with Gasteiger partial charge in [0.05, 0.1) is 11.0 Å². The summed E-state index contributed by atoms with van der Waals surface area (Å²) in [4.78, 5) is 11.8. The van der Waals surface area contributed by atoms with Crippen molar-refractivity contribution in [1.82, 2.24) is 15.0 Å². The first kappa shape index (κ1) is 10.3. The van der Waals surface area contributed by atoms with Crippen LogP contribution in [0.5, 0.6) is 5.75 Å². The maximum atomic E-state index is 9.38. The van der Waals surface area contributed by atoms with Gasteiger partial charge in [-0.15, -0.1) is 0 Å². The number of hydrogen-bond donors (Lipinski definition) is 2. The molecule has 0 saturated heterocycles. The molecule has 17 heavy (non-hydrogen) atoms. The van der Waals surface area contributed by atoms with E-state index in [1.807, 2.05) is 12.1 Å². The minimum absolute atomic E-state index is 0.219. The zero-order valence-electron chi connectivity index (χ0n) is 8.68. The van der Waals surface area contributed by atoms with Crippen molar-refractivity contribution >= 4 is 27.0 Å². The number of hydrogen-bond acceptors (Lipinski definition) is 3. The Hall–Kier alpha value is -1.88. The third kappa shape index (κ3) is 1.89. The molecule has 3 aromatic rings. The molecule has 2 aromatic heterocycles. The molecule has 0 aliphatic carbocycles. The van der Waals surface area contributed by atoms with Gasteiger partial charge in [0.15, 0.2) is 5.82 Å². The third-order valence-electron chi connectivity index (χ3n) is 2.44. The van der Waals surface area contributed by atoms with Crippen molar-refractivity contribution < 1.29 is 5.11 Å². The number of fused-ring (bicyclic) bond motifs is 1. The van der Waals surface area contributed by atoms with Crippen LogP contribution < -0.4 is 0 Å². The van der Waals surface area contributed by atoms with E-state index < -0.39 is 0 Å². The highest BCUT2D eigenvalue weighted by atomic mass is 79.9. The molecule has 5 heteroatoms. The van der Waals surface area contributed by atoms with Gasteiger partial charge in [-0.3, -0.25) is 4.98 Å². The largest absolute Gasteiger partial charge is 0.508 e. The fourth-order valence-electron chi connectivity index (χ4n) is 1.63. The number of phenols is 1. The maximum Gasteiger partial charge on any atom is 0.157 e. The minimum Gasteiger partial charge on any atom is -0.508 e. The zero-order chi connectivity index (χ0) is 11.8. The summed E-state index contributed by atoms with van der Waals surface area (Å²) in [5.41, 5.74) is 2.37. The summed E-state index contributed by atoms with van der Waals surface area (Å²) in [5, 5.41) is 9.38. The number of rotatable bonds is 1. The van der Waals surface area contributed by atoms with E-state index in [-0.39, 0.29) is 5.75 Å². The van der Waals surface area contributed by atoms with E-state index in [1.165, 1.54) is 0 Å². The molecule has 0 radical (unpaired) electrons. The Morgan fingerprint density at radius 2 is 2.06 bits per heavy atom. The molecule has 1 aromatic carbocycles. The normalized spacial score (nSPS) is 10.9. The number of benzene rings is 1. The van der Waals surface area contributed by atoms with Gasteiger partial charge in [-0.1, -0.05) is 0 Å². The van der Waals surface area contributed by atoms with Crippen LogP contribution >= 0.6 is 15.9 Å². The van der Waals surface area contributed by atoms with Crippen LogP contribution in [-0.4, -0.2) is 20.1 Å². The lowest BCUT2D eigenvalue weighted by Crippen LogP contribution is -1.84. The van der Waals surface area contributed by atoms with Gasteiger partial charge in [0.25, 0.3) is 0 Å². The van der Waals surface area contributed by atoms with Gasteiger partial charge < -0.3 is 10.1 Å². The summed E-state index contributed by atoms with van der Waals surface area (Å²) < 4.78 is 0.926. The first-order chi connectivity index (χ1) is 8.22. The summed E-state index contributed by atoms with van der Waals surface area (Å²) in [6.45, 7) is 0. The molecular formula is C12H8BrN3O. The Balaban J connectivity index is 2.14. The summed E-state index contributed by atoms with van der Waals surface area (Å²) in [6, 6.07) is 8.81. The van der Waals surface area contributed by atoms with Crippen molar-refractivity contribution in [1.29, 1.82) is 0 Å². The molecule has 0 atom stereocenters. The fourth-order valence-corrected chi connectivity index (χ4v) is 1.87. The Bertz CT molecular complexity index is 676. The van der Waals surface area contributed by atoms with E-state index in [1.54, 1.807) is 24.4 Å². The van der Waals surface area contributed by atoms with Crippen LogP contribution in [0.1, 0.15) is 0 Å². The van der Waals surface area contributed by atoms with E-state index in [0.29, 0.717) is 5.82 Å². The van der Waals surface area contributed by atoms with Gasteiger partial charge in [0, 0.05) is 16.7 Å². The molecule has 4 nitrogen and oxygen atoms in total. The highest BCUT2D eigenvalue weighted by Gasteiger charge is 2.06. The Morgan fingerprint density at radius 3 is 2.82 bits per heavy atom. The van der Waals surface area contributed by atoms with Crippen LogP contribution in [0.15, 0.2) is 41.0 Å². The topological polar surface area (TPSA) is 61.8 Å².